The predicted molar refractivity (Wildman–Crippen MR) is 81.9 cm³/mol. The maximum absolute atomic E-state index is 5.61. The van der Waals surface area contributed by atoms with E-state index in [4.69, 9.17) is 12.8 Å². The highest BCUT2D eigenvalue weighted by atomic mass is 14.6. The van der Waals surface area contributed by atoms with E-state index in [1.807, 2.05) is 6.07 Å². The molecular weight excluding hydrogens is 240 g/mol. The molecule has 4 aliphatic rings. The van der Waals surface area contributed by atoms with E-state index < -0.39 is 0 Å². The van der Waals surface area contributed by atoms with Crippen LogP contribution >= 0.6 is 0 Å². The standard InChI is InChI=1S/C20H19/c1-3-14-5-15(4-2)10-19(9-14)20-11-16-6-17(12-20)8-18(7-16)13-20/h1-2,5,9-10,16-17H,6-8,11-13H2. The lowest BCUT2D eigenvalue weighted by Gasteiger charge is -2.57. The molecule has 0 N–H and O–H groups in total. The SMILES string of the molecule is C#Cc1cc(C#C)cc(C23C[C]4CC(CC(C4)C2)C3)c1. The Morgan fingerprint density at radius 1 is 0.950 bits per heavy atom. The average molecular weight is 259 g/mol. The van der Waals surface area contributed by atoms with E-state index in [0.29, 0.717) is 5.41 Å². The van der Waals surface area contributed by atoms with Crippen LogP contribution in [0.4, 0.5) is 0 Å². The summed E-state index contributed by atoms with van der Waals surface area (Å²) in [5.41, 5.74) is 3.64. The molecule has 4 fully saturated rings. The summed E-state index contributed by atoms with van der Waals surface area (Å²) >= 11 is 0. The smallest absolute Gasteiger partial charge is 0.0257 e. The molecule has 1 radical (unpaired) electrons. The van der Waals surface area contributed by atoms with Crippen molar-refractivity contribution in [1.29, 1.82) is 0 Å². The number of hydrogen-bond donors (Lipinski definition) is 0. The normalized spacial score (nSPS) is 34.7. The molecule has 5 rings (SSSR count). The van der Waals surface area contributed by atoms with Crippen molar-refractivity contribution < 1.29 is 0 Å². The summed E-state index contributed by atoms with van der Waals surface area (Å²) in [5, 5.41) is 0. The summed E-state index contributed by atoms with van der Waals surface area (Å²) in [4.78, 5) is 0. The third-order valence-electron chi connectivity index (χ3n) is 5.65. The minimum atomic E-state index is 0.345. The van der Waals surface area contributed by atoms with Crippen molar-refractivity contribution in [2.24, 2.45) is 11.8 Å². The molecule has 2 unspecified atom stereocenters. The Hall–Kier alpha value is -1.66. The van der Waals surface area contributed by atoms with Gasteiger partial charge in [0.05, 0.1) is 0 Å². The molecule has 0 saturated heterocycles. The van der Waals surface area contributed by atoms with Crippen molar-refractivity contribution in [2.75, 3.05) is 0 Å². The minimum absolute atomic E-state index is 0.345. The van der Waals surface area contributed by atoms with E-state index in [2.05, 4.69) is 24.0 Å². The van der Waals surface area contributed by atoms with Crippen LogP contribution in [0, 0.1) is 42.4 Å². The van der Waals surface area contributed by atoms with Gasteiger partial charge < -0.3 is 0 Å². The first-order valence-electron chi connectivity index (χ1n) is 7.63. The second kappa shape index (κ2) is 4.17. The maximum Gasteiger partial charge on any atom is 0.0257 e. The highest BCUT2D eigenvalue weighted by molar-refractivity contribution is 5.48. The van der Waals surface area contributed by atoms with E-state index in [1.165, 1.54) is 44.1 Å². The molecule has 0 spiro atoms. The second-order valence-corrected chi connectivity index (χ2v) is 7.08. The first-order valence-corrected chi connectivity index (χ1v) is 7.63. The number of terminal acetylenes is 2. The van der Waals surface area contributed by atoms with Gasteiger partial charge in [-0.3, -0.25) is 0 Å². The highest BCUT2D eigenvalue weighted by Gasteiger charge is 2.51. The van der Waals surface area contributed by atoms with Gasteiger partial charge in [-0.25, -0.2) is 0 Å². The van der Waals surface area contributed by atoms with Crippen LogP contribution in [0.15, 0.2) is 18.2 Å². The third kappa shape index (κ3) is 1.72. The zero-order valence-electron chi connectivity index (χ0n) is 11.8. The highest BCUT2D eigenvalue weighted by Crippen LogP contribution is 2.61. The van der Waals surface area contributed by atoms with Crippen LogP contribution in [0.2, 0.25) is 0 Å². The first kappa shape index (κ1) is 12.1. The van der Waals surface area contributed by atoms with E-state index in [1.54, 1.807) is 5.92 Å². The van der Waals surface area contributed by atoms with Crippen LogP contribution in [-0.2, 0) is 5.41 Å². The van der Waals surface area contributed by atoms with Crippen LogP contribution in [0.5, 0.6) is 0 Å². The zero-order chi connectivity index (χ0) is 13.7. The molecule has 0 aliphatic heterocycles. The van der Waals surface area contributed by atoms with Gasteiger partial charge in [0.2, 0.25) is 0 Å². The summed E-state index contributed by atoms with van der Waals surface area (Å²) in [6.07, 6.45) is 19.4. The maximum atomic E-state index is 5.61. The fraction of sp³-hybridized carbons (Fsp3) is 0.450. The Morgan fingerprint density at radius 3 is 2.05 bits per heavy atom. The van der Waals surface area contributed by atoms with E-state index in [-0.39, 0.29) is 0 Å². The Labute approximate surface area is 122 Å². The summed E-state index contributed by atoms with van der Waals surface area (Å²) in [6.45, 7) is 0. The van der Waals surface area contributed by atoms with Crippen LogP contribution in [-0.4, -0.2) is 0 Å². The van der Waals surface area contributed by atoms with E-state index in [9.17, 15) is 0 Å². The molecule has 0 amide bonds. The fourth-order valence-corrected chi connectivity index (χ4v) is 5.24. The van der Waals surface area contributed by atoms with Crippen molar-refractivity contribution in [3.63, 3.8) is 0 Å². The summed E-state index contributed by atoms with van der Waals surface area (Å²) in [6, 6.07) is 6.39. The topological polar surface area (TPSA) is 0 Å². The predicted octanol–water partition coefficient (Wildman–Crippen LogP) is 4.08. The molecule has 4 bridgehead atoms. The Kier molecular flexibility index (Phi) is 2.52. The van der Waals surface area contributed by atoms with Crippen LogP contribution < -0.4 is 0 Å². The summed E-state index contributed by atoms with van der Waals surface area (Å²) < 4.78 is 0. The van der Waals surface area contributed by atoms with Crippen molar-refractivity contribution >= 4 is 0 Å². The van der Waals surface area contributed by atoms with E-state index >= 15 is 0 Å². The molecule has 0 aromatic heterocycles. The number of rotatable bonds is 1. The van der Waals surface area contributed by atoms with Gasteiger partial charge in [0, 0.05) is 11.1 Å². The number of hydrogen-bond acceptors (Lipinski definition) is 0. The molecule has 20 heavy (non-hydrogen) atoms. The molecule has 4 saturated carbocycles. The van der Waals surface area contributed by atoms with Gasteiger partial charge in [0.25, 0.3) is 0 Å². The molecule has 0 nitrogen and oxygen atoms in total. The average Bonchev–Trinajstić information content (AvgIpc) is 2.45. The van der Waals surface area contributed by atoms with Crippen molar-refractivity contribution in [1.82, 2.24) is 0 Å². The molecule has 0 heterocycles. The first-order chi connectivity index (χ1) is 9.70. The monoisotopic (exact) mass is 259 g/mol. The second-order valence-electron chi connectivity index (χ2n) is 7.08. The lowest BCUT2D eigenvalue weighted by atomic mass is 9.48. The third-order valence-corrected chi connectivity index (χ3v) is 5.65. The Bertz CT molecular complexity index is 567. The van der Waals surface area contributed by atoms with Gasteiger partial charge in [-0.15, -0.1) is 12.8 Å². The van der Waals surface area contributed by atoms with Gasteiger partial charge >= 0.3 is 0 Å². The molecular formula is C20H19. The van der Waals surface area contributed by atoms with Gasteiger partial charge in [-0.1, -0.05) is 11.8 Å². The van der Waals surface area contributed by atoms with Gasteiger partial charge in [-0.2, -0.15) is 0 Å². The van der Waals surface area contributed by atoms with Gasteiger partial charge in [-0.05, 0) is 85.5 Å². The Balaban J connectivity index is 1.81. The molecule has 0 heteroatoms. The lowest BCUT2D eigenvalue weighted by molar-refractivity contribution is 0.0619. The quantitative estimate of drug-likeness (QED) is 0.667. The van der Waals surface area contributed by atoms with Crippen LogP contribution in [0.25, 0.3) is 0 Å². The molecule has 1 aromatic carbocycles. The van der Waals surface area contributed by atoms with Gasteiger partial charge in [0.1, 0.15) is 0 Å². The van der Waals surface area contributed by atoms with E-state index in [0.717, 1.165) is 23.0 Å². The molecule has 4 aliphatic carbocycles. The van der Waals surface area contributed by atoms with Crippen LogP contribution in [0.3, 0.4) is 0 Å². The van der Waals surface area contributed by atoms with Gasteiger partial charge in [0.15, 0.2) is 0 Å². The fourth-order valence-electron chi connectivity index (χ4n) is 5.24. The zero-order valence-corrected chi connectivity index (χ0v) is 11.8. The lowest BCUT2D eigenvalue weighted by Crippen LogP contribution is -2.47. The number of benzene rings is 1. The minimum Gasteiger partial charge on any atom is -0.115 e. The summed E-state index contributed by atoms with van der Waals surface area (Å²) in [5.74, 6) is 9.17. The molecule has 1 aromatic rings. The van der Waals surface area contributed by atoms with Crippen molar-refractivity contribution in [3.8, 4) is 24.7 Å². The van der Waals surface area contributed by atoms with Crippen molar-refractivity contribution in [3.05, 3.63) is 40.8 Å². The Morgan fingerprint density at radius 2 is 1.55 bits per heavy atom. The summed E-state index contributed by atoms with van der Waals surface area (Å²) in [7, 11) is 0. The molecule has 99 valence electrons. The largest absolute Gasteiger partial charge is 0.115 e. The van der Waals surface area contributed by atoms with Crippen molar-refractivity contribution in [2.45, 2.75) is 43.9 Å². The molecule has 2 atom stereocenters. The van der Waals surface area contributed by atoms with Crippen LogP contribution in [0.1, 0.15) is 55.2 Å².